The Morgan fingerprint density at radius 3 is 2.27 bits per heavy atom. The summed E-state index contributed by atoms with van der Waals surface area (Å²) in [5, 5.41) is 10.1. The van der Waals surface area contributed by atoms with Crippen molar-refractivity contribution in [1.82, 2.24) is 0 Å². The van der Waals surface area contributed by atoms with Gasteiger partial charge in [0.05, 0.1) is 17.7 Å². The van der Waals surface area contributed by atoms with E-state index in [1.165, 1.54) is 0 Å². The Labute approximate surface area is 125 Å². The zero-order valence-corrected chi connectivity index (χ0v) is 11.5. The second kappa shape index (κ2) is 6.46. The zero-order valence-electron chi connectivity index (χ0n) is 11.5. The molecule has 0 bridgehead atoms. The average Bonchev–Trinajstić information content (AvgIpc) is 2.46. The molecule has 2 aromatic carbocycles. The van der Waals surface area contributed by atoms with E-state index >= 15 is 0 Å². The van der Waals surface area contributed by atoms with Crippen LogP contribution in [0.5, 0.6) is 0 Å². The first-order chi connectivity index (χ1) is 10.3. The van der Waals surface area contributed by atoms with Gasteiger partial charge in [0.25, 0.3) is 0 Å². The molecule has 0 aromatic heterocycles. The highest BCUT2D eigenvalue weighted by molar-refractivity contribution is 5.34. The van der Waals surface area contributed by atoms with Gasteiger partial charge in [-0.05, 0) is 23.3 Å². The first-order valence-electron chi connectivity index (χ1n) is 6.63. The molecular weight excluding hydrogens is 298 g/mol. The number of aliphatic hydroxyl groups is 1. The lowest BCUT2D eigenvalue weighted by molar-refractivity contribution is -0.138. The van der Waals surface area contributed by atoms with Crippen molar-refractivity contribution in [2.75, 3.05) is 0 Å². The van der Waals surface area contributed by atoms with Gasteiger partial charge in [-0.15, -0.1) is 0 Å². The third kappa shape index (κ3) is 3.84. The van der Waals surface area contributed by atoms with Gasteiger partial charge in [0, 0.05) is 6.42 Å². The van der Waals surface area contributed by atoms with E-state index in [4.69, 9.17) is 5.73 Å². The van der Waals surface area contributed by atoms with Crippen LogP contribution in [0.25, 0.3) is 0 Å². The van der Waals surface area contributed by atoms with E-state index in [-0.39, 0.29) is 12.0 Å². The SMILES string of the molecule is N[C@H](c1ccc(F)cc1C(F)(F)F)[C@@H](O)Cc1ccccc1. The Kier molecular flexibility index (Phi) is 4.83. The highest BCUT2D eigenvalue weighted by Crippen LogP contribution is 2.35. The molecule has 6 heteroatoms. The molecule has 0 amide bonds. The number of hydrogen-bond donors (Lipinski definition) is 2. The maximum Gasteiger partial charge on any atom is 0.416 e. The van der Waals surface area contributed by atoms with Gasteiger partial charge in [0.2, 0.25) is 0 Å². The lowest BCUT2D eigenvalue weighted by atomic mass is 9.93. The summed E-state index contributed by atoms with van der Waals surface area (Å²) >= 11 is 0. The summed E-state index contributed by atoms with van der Waals surface area (Å²) in [6.07, 6.45) is -5.84. The van der Waals surface area contributed by atoms with Crippen molar-refractivity contribution >= 4 is 0 Å². The minimum absolute atomic E-state index is 0.108. The molecular formula is C16H15F4NO. The first-order valence-corrected chi connectivity index (χ1v) is 6.63. The van der Waals surface area contributed by atoms with Crippen LogP contribution in [0, 0.1) is 5.82 Å². The Balaban J connectivity index is 2.27. The minimum atomic E-state index is -4.73. The number of rotatable bonds is 4. The van der Waals surface area contributed by atoms with Gasteiger partial charge in [-0.3, -0.25) is 0 Å². The van der Waals surface area contributed by atoms with E-state index in [0.29, 0.717) is 6.07 Å². The van der Waals surface area contributed by atoms with Gasteiger partial charge in [0.1, 0.15) is 5.82 Å². The average molecular weight is 313 g/mol. The van der Waals surface area contributed by atoms with Gasteiger partial charge < -0.3 is 10.8 Å². The molecule has 2 atom stereocenters. The number of halogens is 4. The van der Waals surface area contributed by atoms with Gasteiger partial charge >= 0.3 is 6.18 Å². The second-order valence-corrected chi connectivity index (χ2v) is 5.01. The largest absolute Gasteiger partial charge is 0.416 e. The van der Waals surface area contributed by atoms with Gasteiger partial charge in [-0.2, -0.15) is 13.2 Å². The number of alkyl halides is 3. The maximum atomic E-state index is 13.1. The number of hydrogen-bond acceptors (Lipinski definition) is 2. The van der Waals surface area contributed by atoms with Crippen molar-refractivity contribution in [2.45, 2.75) is 24.7 Å². The lowest BCUT2D eigenvalue weighted by Crippen LogP contribution is -2.30. The van der Waals surface area contributed by atoms with Crippen molar-refractivity contribution in [3.63, 3.8) is 0 Å². The molecule has 2 aromatic rings. The van der Waals surface area contributed by atoms with Gasteiger partial charge in [-0.1, -0.05) is 36.4 Å². The maximum absolute atomic E-state index is 13.1. The summed E-state index contributed by atoms with van der Waals surface area (Å²) in [6.45, 7) is 0. The Bertz CT molecular complexity index is 628. The molecule has 2 rings (SSSR count). The quantitative estimate of drug-likeness (QED) is 0.849. The van der Waals surface area contributed by atoms with E-state index in [9.17, 15) is 22.7 Å². The fourth-order valence-electron chi connectivity index (χ4n) is 2.25. The van der Waals surface area contributed by atoms with E-state index in [1.54, 1.807) is 30.3 Å². The van der Waals surface area contributed by atoms with E-state index < -0.39 is 29.7 Å². The summed E-state index contributed by atoms with van der Waals surface area (Å²) in [5.41, 5.74) is 5.03. The minimum Gasteiger partial charge on any atom is -0.391 e. The van der Waals surface area contributed by atoms with Crippen molar-refractivity contribution in [1.29, 1.82) is 0 Å². The van der Waals surface area contributed by atoms with Gasteiger partial charge in [0.15, 0.2) is 0 Å². The van der Waals surface area contributed by atoms with Crippen molar-refractivity contribution in [3.8, 4) is 0 Å². The number of benzene rings is 2. The zero-order chi connectivity index (χ0) is 16.3. The third-order valence-corrected chi connectivity index (χ3v) is 3.38. The predicted octanol–water partition coefficient (Wildman–Crippen LogP) is 3.45. The number of aliphatic hydroxyl groups excluding tert-OH is 1. The molecule has 0 saturated heterocycles. The molecule has 0 spiro atoms. The third-order valence-electron chi connectivity index (χ3n) is 3.38. The molecule has 0 aliphatic carbocycles. The number of nitrogens with two attached hydrogens (primary N) is 1. The highest BCUT2D eigenvalue weighted by atomic mass is 19.4. The highest BCUT2D eigenvalue weighted by Gasteiger charge is 2.36. The predicted molar refractivity (Wildman–Crippen MR) is 74.5 cm³/mol. The summed E-state index contributed by atoms with van der Waals surface area (Å²) < 4.78 is 52.0. The Morgan fingerprint density at radius 2 is 1.68 bits per heavy atom. The van der Waals surface area contributed by atoms with Crippen molar-refractivity contribution < 1.29 is 22.7 Å². The molecule has 0 unspecified atom stereocenters. The molecule has 0 fully saturated rings. The topological polar surface area (TPSA) is 46.2 Å². The molecule has 0 radical (unpaired) electrons. The van der Waals surface area contributed by atoms with E-state index in [0.717, 1.165) is 17.7 Å². The summed E-state index contributed by atoms with van der Waals surface area (Å²) in [5.74, 6) is -0.999. The standard InChI is InChI=1S/C16H15F4NO/c17-11-6-7-12(13(9-11)16(18,19)20)15(21)14(22)8-10-4-2-1-3-5-10/h1-7,9,14-15,22H,8,21H2/t14-,15+/m0/s1. The van der Waals surface area contributed by atoms with Crippen LogP contribution in [0.2, 0.25) is 0 Å². The summed E-state index contributed by atoms with van der Waals surface area (Å²) in [6, 6.07) is 9.78. The monoisotopic (exact) mass is 313 g/mol. The first kappa shape index (κ1) is 16.5. The molecule has 3 N–H and O–H groups in total. The van der Waals surface area contributed by atoms with Crippen LogP contribution in [0.1, 0.15) is 22.7 Å². The lowest BCUT2D eigenvalue weighted by Gasteiger charge is -2.23. The molecule has 2 nitrogen and oxygen atoms in total. The van der Waals surface area contributed by atoms with Crippen LogP contribution < -0.4 is 5.73 Å². The smallest absolute Gasteiger partial charge is 0.391 e. The van der Waals surface area contributed by atoms with Crippen LogP contribution in [-0.4, -0.2) is 11.2 Å². The van der Waals surface area contributed by atoms with E-state index in [2.05, 4.69) is 0 Å². The van der Waals surface area contributed by atoms with Crippen LogP contribution in [0.3, 0.4) is 0 Å². The summed E-state index contributed by atoms with van der Waals surface area (Å²) in [7, 11) is 0. The fourth-order valence-corrected chi connectivity index (χ4v) is 2.25. The van der Waals surface area contributed by atoms with Crippen LogP contribution in [-0.2, 0) is 12.6 Å². The fraction of sp³-hybridized carbons (Fsp3) is 0.250. The molecule has 22 heavy (non-hydrogen) atoms. The van der Waals surface area contributed by atoms with Gasteiger partial charge in [-0.25, -0.2) is 4.39 Å². The molecule has 0 saturated carbocycles. The summed E-state index contributed by atoms with van der Waals surface area (Å²) in [4.78, 5) is 0. The molecule has 0 aliphatic rings. The van der Waals surface area contributed by atoms with Crippen molar-refractivity contribution in [3.05, 3.63) is 71.0 Å². The second-order valence-electron chi connectivity index (χ2n) is 5.01. The normalized spacial score (nSPS) is 14.6. The molecule has 118 valence electrons. The molecule has 0 heterocycles. The van der Waals surface area contributed by atoms with Crippen molar-refractivity contribution in [2.24, 2.45) is 5.73 Å². The van der Waals surface area contributed by atoms with Crippen LogP contribution in [0.15, 0.2) is 48.5 Å². The van der Waals surface area contributed by atoms with E-state index in [1.807, 2.05) is 0 Å². The van der Waals surface area contributed by atoms with Crippen LogP contribution in [0.4, 0.5) is 17.6 Å². The van der Waals surface area contributed by atoms with Crippen LogP contribution >= 0.6 is 0 Å². The Morgan fingerprint density at radius 1 is 1.05 bits per heavy atom. The Hall–Kier alpha value is -1.92. The molecule has 0 aliphatic heterocycles.